The Labute approximate surface area is 201 Å². The molecule has 0 amide bonds. The molecule has 0 atom stereocenters. The number of ether oxygens (including phenoxy) is 3. The van der Waals surface area contributed by atoms with Crippen LogP contribution in [0.4, 0.5) is 22.0 Å². The first-order chi connectivity index (χ1) is 16.8. The Morgan fingerprint density at radius 1 is 0.771 bits per heavy atom. The number of allylic oxidation sites excluding steroid dienone is 2. The van der Waals surface area contributed by atoms with Gasteiger partial charge in [0.05, 0.1) is 18.8 Å². The molecule has 9 heteroatoms. The van der Waals surface area contributed by atoms with Crippen LogP contribution in [0.15, 0.2) is 43.5 Å². The van der Waals surface area contributed by atoms with Crippen molar-refractivity contribution in [2.24, 2.45) is 0 Å². The highest BCUT2D eigenvalue weighted by atomic mass is 19.2. The molecule has 0 aliphatic rings. The van der Waals surface area contributed by atoms with E-state index < -0.39 is 47.2 Å². The van der Waals surface area contributed by atoms with Gasteiger partial charge >= 0.3 is 5.97 Å². The van der Waals surface area contributed by atoms with Gasteiger partial charge in [-0.15, -0.1) is 13.2 Å². The second kappa shape index (κ2) is 14.1. The summed E-state index contributed by atoms with van der Waals surface area (Å²) in [5.41, 5.74) is -1.36. The van der Waals surface area contributed by atoms with E-state index >= 15 is 0 Å². The molecule has 0 saturated carbocycles. The van der Waals surface area contributed by atoms with Gasteiger partial charge in [-0.05, 0) is 56.7 Å². The third kappa shape index (κ3) is 7.83. The molecule has 4 nitrogen and oxygen atoms in total. The van der Waals surface area contributed by atoms with Gasteiger partial charge in [0.1, 0.15) is 23.7 Å². The molecule has 0 bridgehead atoms. The molecule has 0 spiro atoms. The van der Waals surface area contributed by atoms with Crippen LogP contribution >= 0.6 is 0 Å². The van der Waals surface area contributed by atoms with Gasteiger partial charge in [0.2, 0.25) is 5.82 Å². The van der Waals surface area contributed by atoms with Gasteiger partial charge in [-0.25, -0.2) is 26.7 Å². The van der Waals surface area contributed by atoms with Crippen molar-refractivity contribution in [1.82, 2.24) is 0 Å². The molecule has 0 heterocycles. The number of rotatable bonds is 15. The Morgan fingerprint density at radius 2 is 1.31 bits per heavy atom. The van der Waals surface area contributed by atoms with E-state index in [2.05, 4.69) is 13.2 Å². The number of esters is 1. The van der Waals surface area contributed by atoms with Gasteiger partial charge in [-0.2, -0.15) is 0 Å². The van der Waals surface area contributed by atoms with Crippen molar-refractivity contribution in [3.05, 3.63) is 83.7 Å². The quantitative estimate of drug-likeness (QED) is 0.0650. The summed E-state index contributed by atoms with van der Waals surface area (Å²) in [5, 5.41) is 0. The van der Waals surface area contributed by atoms with E-state index in [-0.39, 0.29) is 17.9 Å². The normalized spacial score (nSPS) is 10.7. The fourth-order valence-electron chi connectivity index (χ4n) is 3.03. The van der Waals surface area contributed by atoms with Crippen LogP contribution in [0.2, 0.25) is 0 Å². The average Bonchev–Trinajstić information content (AvgIpc) is 2.86. The smallest absolute Gasteiger partial charge is 0.342 e. The minimum atomic E-state index is -2.29. The van der Waals surface area contributed by atoms with Gasteiger partial charge < -0.3 is 14.2 Å². The minimum Gasteiger partial charge on any atom is -0.494 e. The maximum absolute atomic E-state index is 13.9. The molecule has 2 aromatic rings. The van der Waals surface area contributed by atoms with Crippen LogP contribution in [0.25, 0.3) is 0 Å². The standard InChI is InChI=1S/C26H27F5O4/c1-3-5-7-9-13-33-17-11-12-20(34-14-10-8-6-4-2)18(15-17)26(32)35-16-19-21(27)23(29)25(31)24(30)22(19)28/h3-4,11-12,15H,1-2,5-10,13-14,16H2. The lowest BCUT2D eigenvalue weighted by Crippen LogP contribution is -2.13. The Kier molecular flexibility index (Phi) is 11.3. The molecule has 190 valence electrons. The summed E-state index contributed by atoms with van der Waals surface area (Å²) in [7, 11) is 0. The highest BCUT2D eigenvalue weighted by Gasteiger charge is 2.27. The molecule has 2 rings (SSSR count). The summed E-state index contributed by atoms with van der Waals surface area (Å²) in [4.78, 5) is 12.7. The topological polar surface area (TPSA) is 44.8 Å². The monoisotopic (exact) mass is 498 g/mol. The Hall–Kier alpha value is -3.36. The first-order valence-electron chi connectivity index (χ1n) is 11.1. The van der Waals surface area contributed by atoms with E-state index in [9.17, 15) is 26.7 Å². The molecule has 0 fully saturated rings. The molecule has 2 aromatic carbocycles. The molecule has 35 heavy (non-hydrogen) atoms. The van der Waals surface area contributed by atoms with E-state index in [0.29, 0.717) is 18.8 Å². The van der Waals surface area contributed by atoms with Gasteiger partial charge in [0.15, 0.2) is 23.3 Å². The van der Waals surface area contributed by atoms with Crippen LogP contribution in [-0.4, -0.2) is 19.2 Å². The largest absolute Gasteiger partial charge is 0.494 e. The van der Waals surface area contributed by atoms with Crippen LogP contribution in [0.3, 0.4) is 0 Å². The maximum atomic E-state index is 13.9. The van der Waals surface area contributed by atoms with Gasteiger partial charge in [0, 0.05) is 0 Å². The number of carbonyl (C=O) groups excluding carboxylic acids is 1. The minimum absolute atomic E-state index is 0.110. The lowest BCUT2D eigenvalue weighted by atomic mass is 10.1. The summed E-state index contributed by atoms with van der Waals surface area (Å²) >= 11 is 0. The van der Waals surface area contributed by atoms with E-state index in [4.69, 9.17) is 14.2 Å². The molecule has 0 unspecified atom stereocenters. The fourth-order valence-corrected chi connectivity index (χ4v) is 3.03. The van der Waals surface area contributed by atoms with Crippen LogP contribution in [0.1, 0.15) is 54.4 Å². The zero-order chi connectivity index (χ0) is 25.8. The zero-order valence-electron chi connectivity index (χ0n) is 19.2. The van der Waals surface area contributed by atoms with E-state index in [1.54, 1.807) is 18.2 Å². The number of unbranched alkanes of at least 4 members (excludes halogenated alkanes) is 4. The van der Waals surface area contributed by atoms with Crippen LogP contribution in [0, 0.1) is 29.1 Å². The second-order valence-electron chi connectivity index (χ2n) is 7.55. The summed E-state index contributed by atoms with van der Waals surface area (Å²) in [6.07, 6.45) is 8.28. The van der Waals surface area contributed by atoms with E-state index in [1.807, 2.05) is 0 Å². The molecule has 0 N–H and O–H groups in total. The Morgan fingerprint density at radius 3 is 1.89 bits per heavy atom. The first kappa shape index (κ1) is 27.9. The van der Waals surface area contributed by atoms with Crippen LogP contribution < -0.4 is 9.47 Å². The van der Waals surface area contributed by atoms with Crippen molar-refractivity contribution in [1.29, 1.82) is 0 Å². The van der Waals surface area contributed by atoms with E-state index in [1.165, 1.54) is 12.1 Å². The van der Waals surface area contributed by atoms with Gasteiger partial charge in [0.25, 0.3) is 0 Å². The summed E-state index contributed by atoms with van der Waals surface area (Å²) in [5.74, 6) is -11.3. The van der Waals surface area contributed by atoms with Crippen molar-refractivity contribution in [2.45, 2.75) is 45.1 Å². The van der Waals surface area contributed by atoms with Crippen molar-refractivity contribution < 1.29 is 41.0 Å². The highest BCUT2D eigenvalue weighted by molar-refractivity contribution is 5.93. The molecule has 0 aromatic heterocycles. The summed E-state index contributed by atoms with van der Waals surface area (Å²) in [6, 6.07) is 4.42. The number of hydrogen-bond donors (Lipinski definition) is 0. The Balaban J connectivity index is 2.18. The number of carbonyl (C=O) groups is 1. The lowest BCUT2D eigenvalue weighted by molar-refractivity contribution is 0.0456. The second-order valence-corrected chi connectivity index (χ2v) is 7.55. The maximum Gasteiger partial charge on any atom is 0.342 e. The van der Waals surface area contributed by atoms with Gasteiger partial charge in [-0.3, -0.25) is 0 Å². The predicted molar refractivity (Wildman–Crippen MR) is 121 cm³/mol. The third-order valence-electron chi connectivity index (χ3n) is 4.95. The number of benzene rings is 2. The van der Waals surface area contributed by atoms with Crippen molar-refractivity contribution >= 4 is 5.97 Å². The van der Waals surface area contributed by atoms with Gasteiger partial charge in [-0.1, -0.05) is 12.2 Å². The number of hydrogen-bond acceptors (Lipinski definition) is 4. The van der Waals surface area contributed by atoms with Crippen LogP contribution in [-0.2, 0) is 11.3 Å². The third-order valence-corrected chi connectivity index (χ3v) is 4.95. The van der Waals surface area contributed by atoms with Crippen molar-refractivity contribution in [3.63, 3.8) is 0 Å². The Bertz CT molecular complexity index is 1010. The predicted octanol–water partition coefficient (Wildman–Crippen LogP) is 7.21. The van der Waals surface area contributed by atoms with Crippen molar-refractivity contribution in [2.75, 3.05) is 13.2 Å². The highest BCUT2D eigenvalue weighted by Crippen LogP contribution is 2.28. The fraction of sp³-hybridized carbons (Fsp3) is 0.346. The molecular weight excluding hydrogens is 471 g/mol. The lowest BCUT2D eigenvalue weighted by Gasteiger charge is -2.14. The first-order valence-corrected chi connectivity index (χ1v) is 11.1. The number of halogens is 5. The summed E-state index contributed by atoms with van der Waals surface area (Å²) in [6.45, 7) is 6.75. The zero-order valence-corrected chi connectivity index (χ0v) is 19.2. The molecule has 0 saturated heterocycles. The van der Waals surface area contributed by atoms with Crippen LogP contribution in [0.5, 0.6) is 11.5 Å². The average molecular weight is 498 g/mol. The molecular formula is C26H27F5O4. The SMILES string of the molecule is C=CCCCCOc1ccc(OCCCCC=C)c(C(=O)OCc2c(F)c(F)c(F)c(F)c2F)c1. The van der Waals surface area contributed by atoms with E-state index in [0.717, 1.165) is 32.1 Å². The van der Waals surface area contributed by atoms with Crippen molar-refractivity contribution in [3.8, 4) is 11.5 Å². The summed E-state index contributed by atoms with van der Waals surface area (Å²) < 4.78 is 84.2. The molecule has 0 aliphatic heterocycles. The molecule has 0 radical (unpaired) electrons. The molecule has 0 aliphatic carbocycles.